The van der Waals surface area contributed by atoms with Crippen LogP contribution >= 0.6 is 0 Å². The summed E-state index contributed by atoms with van der Waals surface area (Å²) in [6.07, 6.45) is 5.74. The first-order chi connectivity index (χ1) is 10.8. The van der Waals surface area contributed by atoms with Crippen molar-refractivity contribution >= 4 is 16.9 Å². The summed E-state index contributed by atoms with van der Waals surface area (Å²) >= 11 is 0. The number of carbonyl (C=O) groups excluding carboxylic acids is 1. The van der Waals surface area contributed by atoms with Crippen molar-refractivity contribution in [1.82, 2.24) is 30.1 Å². The predicted octanol–water partition coefficient (Wildman–Crippen LogP) is 1.46. The number of nitrogens with zero attached hydrogens (tertiary/aromatic N) is 5. The van der Waals surface area contributed by atoms with Crippen molar-refractivity contribution in [1.29, 1.82) is 0 Å². The number of aromatic amines is 1. The summed E-state index contributed by atoms with van der Waals surface area (Å²) in [5, 5.41) is 14.9. The Labute approximate surface area is 126 Å². The van der Waals surface area contributed by atoms with E-state index in [1.165, 1.54) is 0 Å². The number of likely N-dealkylation sites (tertiary alicyclic amines) is 1. The van der Waals surface area contributed by atoms with Crippen molar-refractivity contribution in [2.45, 2.75) is 25.4 Å². The molecule has 22 heavy (non-hydrogen) atoms. The highest BCUT2D eigenvalue weighted by Crippen LogP contribution is 2.22. The third-order valence-electron chi connectivity index (χ3n) is 4.16. The molecular weight excluding hydrogens is 280 g/mol. The normalized spacial score (nSPS) is 18.2. The number of nitrogens with one attached hydrogen (secondary N) is 1. The highest BCUT2D eigenvalue weighted by Gasteiger charge is 2.29. The summed E-state index contributed by atoms with van der Waals surface area (Å²) in [5.74, 6) is 0.0551. The van der Waals surface area contributed by atoms with Crippen LogP contribution in [0.3, 0.4) is 0 Å². The number of hydrogen-bond acceptors (Lipinski definition) is 4. The molecule has 7 heteroatoms. The number of amides is 1. The number of carbonyl (C=O) groups is 1. The van der Waals surface area contributed by atoms with Crippen LogP contribution in [0.25, 0.3) is 11.0 Å². The standard InChI is InChI=1S/C15H16N6O/c22-15(11-4-5-13-14(9-11)18-19-17-13)21-8-1-3-12(21)10-20-7-2-6-16-20/h2,4-7,9,12H,1,3,8,10H2,(H,17,18,19). The minimum Gasteiger partial charge on any atom is -0.334 e. The summed E-state index contributed by atoms with van der Waals surface area (Å²) < 4.78 is 1.89. The highest BCUT2D eigenvalue weighted by molar-refractivity contribution is 5.97. The van der Waals surface area contributed by atoms with Crippen molar-refractivity contribution in [2.24, 2.45) is 0 Å². The van der Waals surface area contributed by atoms with Gasteiger partial charge < -0.3 is 4.90 Å². The molecule has 1 N–H and O–H groups in total. The van der Waals surface area contributed by atoms with Gasteiger partial charge in [-0.1, -0.05) is 0 Å². The van der Waals surface area contributed by atoms with Gasteiger partial charge in [-0.05, 0) is 37.1 Å². The summed E-state index contributed by atoms with van der Waals surface area (Å²) in [6.45, 7) is 1.53. The van der Waals surface area contributed by atoms with Crippen molar-refractivity contribution in [3.8, 4) is 0 Å². The molecule has 112 valence electrons. The molecule has 0 radical (unpaired) electrons. The Balaban J connectivity index is 1.57. The van der Waals surface area contributed by atoms with Crippen LogP contribution in [-0.4, -0.2) is 48.6 Å². The van der Waals surface area contributed by atoms with E-state index in [4.69, 9.17) is 0 Å². The van der Waals surface area contributed by atoms with Crippen LogP contribution in [-0.2, 0) is 6.54 Å². The van der Waals surface area contributed by atoms with E-state index in [-0.39, 0.29) is 11.9 Å². The van der Waals surface area contributed by atoms with Crippen LogP contribution < -0.4 is 0 Å². The van der Waals surface area contributed by atoms with Crippen molar-refractivity contribution in [3.63, 3.8) is 0 Å². The average Bonchev–Trinajstić information content (AvgIpc) is 3.27. The SMILES string of the molecule is O=C(c1ccc2n[nH]nc2c1)N1CCCC1Cn1cccn1. The quantitative estimate of drug-likeness (QED) is 0.793. The lowest BCUT2D eigenvalue weighted by Crippen LogP contribution is -2.38. The largest absolute Gasteiger partial charge is 0.334 e. The molecule has 3 heterocycles. The Hall–Kier alpha value is -2.70. The second-order valence-electron chi connectivity index (χ2n) is 5.55. The third-order valence-corrected chi connectivity index (χ3v) is 4.16. The van der Waals surface area contributed by atoms with Gasteiger partial charge in [-0.25, -0.2) is 0 Å². The smallest absolute Gasteiger partial charge is 0.254 e. The molecule has 1 fully saturated rings. The monoisotopic (exact) mass is 296 g/mol. The predicted molar refractivity (Wildman–Crippen MR) is 80.2 cm³/mol. The molecule has 7 nitrogen and oxygen atoms in total. The molecule has 1 aromatic carbocycles. The van der Waals surface area contributed by atoms with Crippen LogP contribution in [0, 0.1) is 0 Å². The molecule has 1 aliphatic heterocycles. The molecule has 3 aromatic rings. The molecule has 1 atom stereocenters. The second kappa shape index (κ2) is 5.25. The fourth-order valence-corrected chi connectivity index (χ4v) is 3.06. The minimum atomic E-state index is 0.0551. The molecule has 0 aliphatic carbocycles. The average molecular weight is 296 g/mol. The number of rotatable bonds is 3. The van der Waals surface area contributed by atoms with Crippen LogP contribution in [0.15, 0.2) is 36.7 Å². The van der Waals surface area contributed by atoms with Gasteiger partial charge in [-0.15, -0.1) is 0 Å². The number of H-pyrrole nitrogens is 1. The number of aromatic nitrogens is 5. The molecule has 1 saturated heterocycles. The van der Waals surface area contributed by atoms with Crippen molar-refractivity contribution < 1.29 is 4.79 Å². The lowest BCUT2D eigenvalue weighted by molar-refractivity contribution is 0.0722. The van der Waals surface area contributed by atoms with Gasteiger partial charge in [0.2, 0.25) is 0 Å². The maximum atomic E-state index is 12.8. The lowest BCUT2D eigenvalue weighted by atomic mass is 10.1. The number of benzene rings is 1. The third kappa shape index (κ3) is 2.24. The Bertz CT molecular complexity index is 793. The van der Waals surface area contributed by atoms with Gasteiger partial charge in [0, 0.05) is 24.5 Å². The second-order valence-corrected chi connectivity index (χ2v) is 5.55. The molecule has 0 spiro atoms. The van der Waals surface area contributed by atoms with Gasteiger partial charge in [0.25, 0.3) is 5.91 Å². The van der Waals surface area contributed by atoms with E-state index >= 15 is 0 Å². The van der Waals surface area contributed by atoms with E-state index in [0.717, 1.165) is 31.4 Å². The Morgan fingerprint density at radius 2 is 2.23 bits per heavy atom. The topological polar surface area (TPSA) is 79.7 Å². The lowest BCUT2D eigenvalue weighted by Gasteiger charge is -2.24. The van der Waals surface area contributed by atoms with Crippen LogP contribution in [0.2, 0.25) is 0 Å². The maximum Gasteiger partial charge on any atom is 0.254 e. The van der Waals surface area contributed by atoms with Gasteiger partial charge in [-0.2, -0.15) is 20.5 Å². The first-order valence-corrected chi connectivity index (χ1v) is 7.40. The van der Waals surface area contributed by atoms with Gasteiger partial charge in [0.05, 0.1) is 12.6 Å². The molecule has 1 unspecified atom stereocenters. The van der Waals surface area contributed by atoms with Gasteiger partial charge in [0.1, 0.15) is 11.0 Å². The van der Waals surface area contributed by atoms with Gasteiger partial charge in [-0.3, -0.25) is 9.48 Å². The van der Waals surface area contributed by atoms with Crippen LogP contribution in [0.5, 0.6) is 0 Å². The Morgan fingerprint density at radius 3 is 3.09 bits per heavy atom. The van der Waals surface area contributed by atoms with E-state index in [2.05, 4.69) is 20.5 Å². The van der Waals surface area contributed by atoms with Crippen molar-refractivity contribution in [3.05, 3.63) is 42.2 Å². The van der Waals surface area contributed by atoms with E-state index in [1.54, 1.807) is 12.3 Å². The molecule has 4 rings (SSSR count). The van der Waals surface area contributed by atoms with E-state index in [0.29, 0.717) is 11.1 Å². The summed E-state index contributed by atoms with van der Waals surface area (Å²) in [7, 11) is 0. The molecular formula is C15H16N6O. The number of hydrogen-bond donors (Lipinski definition) is 1. The van der Waals surface area contributed by atoms with Crippen molar-refractivity contribution in [2.75, 3.05) is 6.54 Å². The first kappa shape index (κ1) is 13.0. The Morgan fingerprint density at radius 1 is 1.32 bits per heavy atom. The molecule has 0 saturated carbocycles. The molecule has 0 bridgehead atoms. The Kier molecular flexibility index (Phi) is 3.10. The fraction of sp³-hybridized carbons (Fsp3) is 0.333. The summed E-state index contributed by atoms with van der Waals surface area (Å²) in [4.78, 5) is 14.7. The van der Waals surface area contributed by atoms with E-state index in [1.807, 2.05) is 34.0 Å². The molecule has 2 aromatic heterocycles. The zero-order valence-corrected chi connectivity index (χ0v) is 12.0. The molecule has 1 amide bonds. The van der Waals surface area contributed by atoms with Crippen LogP contribution in [0.4, 0.5) is 0 Å². The van der Waals surface area contributed by atoms with Crippen LogP contribution in [0.1, 0.15) is 23.2 Å². The first-order valence-electron chi connectivity index (χ1n) is 7.40. The van der Waals surface area contributed by atoms with E-state index in [9.17, 15) is 4.79 Å². The number of fused-ring (bicyclic) bond motifs is 1. The van der Waals surface area contributed by atoms with Gasteiger partial charge in [0.15, 0.2) is 0 Å². The minimum absolute atomic E-state index is 0.0551. The highest BCUT2D eigenvalue weighted by atomic mass is 16.2. The van der Waals surface area contributed by atoms with Gasteiger partial charge >= 0.3 is 0 Å². The zero-order chi connectivity index (χ0) is 14.9. The maximum absolute atomic E-state index is 12.8. The zero-order valence-electron chi connectivity index (χ0n) is 12.0. The summed E-state index contributed by atoms with van der Waals surface area (Å²) in [5.41, 5.74) is 2.15. The fourth-order valence-electron chi connectivity index (χ4n) is 3.06. The van der Waals surface area contributed by atoms with E-state index < -0.39 is 0 Å². The molecule has 1 aliphatic rings. The summed E-state index contributed by atoms with van der Waals surface area (Å²) in [6, 6.07) is 7.53.